The second kappa shape index (κ2) is 7.50. The van der Waals surface area contributed by atoms with Gasteiger partial charge in [0.2, 0.25) is 0 Å². The monoisotopic (exact) mass is 286 g/mol. The molecular formula is C17H26N4. The van der Waals surface area contributed by atoms with Gasteiger partial charge in [-0.1, -0.05) is 12.1 Å². The topological polar surface area (TPSA) is 45.4 Å². The van der Waals surface area contributed by atoms with Gasteiger partial charge in [0.05, 0.1) is 5.52 Å². The molecule has 2 N–H and O–H groups in total. The maximum Gasteiger partial charge on any atom is 0.0702 e. The van der Waals surface area contributed by atoms with Crippen molar-refractivity contribution in [1.29, 1.82) is 0 Å². The maximum atomic E-state index is 6.01. The fraction of sp³-hybridized carbons (Fsp3) is 0.471. The number of pyridine rings is 1. The second-order valence-corrected chi connectivity index (χ2v) is 5.84. The third-order valence-electron chi connectivity index (χ3n) is 3.88. The fourth-order valence-corrected chi connectivity index (χ4v) is 2.66. The minimum atomic E-state index is 0.261. The van der Waals surface area contributed by atoms with Gasteiger partial charge < -0.3 is 10.6 Å². The van der Waals surface area contributed by atoms with E-state index in [9.17, 15) is 0 Å². The maximum absolute atomic E-state index is 6.01. The minimum absolute atomic E-state index is 0.261. The molecule has 0 saturated carbocycles. The van der Waals surface area contributed by atoms with Crippen molar-refractivity contribution in [2.24, 2.45) is 5.73 Å². The highest BCUT2D eigenvalue weighted by Crippen LogP contribution is 2.22. The average Bonchev–Trinajstić information content (AvgIpc) is 2.47. The van der Waals surface area contributed by atoms with Crippen molar-refractivity contribution in [3.63, 3.8) is 0 Å². The number of benzene rings is 1. The Morgan fingerprint density at radius 2 is 1.95 bits per heavy atom. The molecule has 1 aromatic carbocycles. The molecule has 2 rings (SSSR count). The molecule has 1 heterocycles. The molecular weight excluding hydrogens is 260 g/mol. The van der Waals surface area contributed by atoms with E-state index in [0.717, 1.165) is 25.0 Å². The van der Waals surface area contributed by atoms with E-state index in [2.05, 4.69) is 60.2 Å². The summed E-state index contributed by atoms with van der Waals surface area (Å²) >= 11 is 0. The largest absolute Gasteiger partial charge is 0.329 e. The van der Waals surface area contributed by atoms with Gasteiger partial charge in [-0.05, 0) is 64.4 Å². The van der Waals surface area contributed by atoms with E-state index >= 15 is 0 Å². The van der Waals surface area contributed by atoms with Crippen molar-refractivity contribution < 1.29 is 0 Å². The molecule has 4 heteroatoms. The molecule has 4 nitrogen and oxygen atoms in total. The van der Waals surface area contributed by atoms with Gasteiger partial charge in [0.15, 0.2) is 0 Å². The van der Waals surface area contributed by atoms with Gasteiger partial charge >= 0.3 is 0 Å². The Morgan fingerprint density at radius 3 is 2.67 bits per heavy atom. The standard InChI is InChI=1S/C17H26N4/c1-20(2)10-5-11-21(3)17(13-18)15-7-8-16-14(12-15)6-4-9-19-16/h4,6-9,12,17H,5,10-11,13,18H2,1-3H3. The van der Waals surface area contributed by atoms with E-state index in [0.29, 0.717) is 6.54 Å². The van der Waals surface area contributed by atoms with Gasteiger partial charge in [-0.2, -0.15) is 0 Å². The molecule has 2 aromatic rings. The first-order chi connectivity index (χ1) is 10.1. The Bertz CT molecular complexity index is 567. The number of hydrogen-bond donors (Lipinski definition) is 1. The predicted octanol–water partition coefficient (Wildman–Crippen LogP) is 2.12. The first kappa shape index (κ1) is 15.9. The van der Waals surface area contributed by atoms with Gasteiger partial charge in [0.1, 0.15) is 0 Å². The van der Waals surface area contributed by atoms with Crippen LogP contribution in [0.25, 0.3) is 10.9 Å². The van der Waals surface area contributed by atoms with E-state index < -0.39 is 0 Å². The normalized spacial score (nSPS) is 13.2. The van der Waals surface area contributed by atoms with Crippen LogP contribution in [-0.4, -0.2) is 55.6 Å². The summed E-state index contributed by atoms with van der Waals surface area (Å²) in [6.07, 6.45) is 2.98. The highest BCUT2D eigenvalue weighted by molar-refractivity contribution is 5.79. The predicted molar refractivity (Wildman–Crippen MR) is 89.3 cm³/mol. The first-order valence-corrected chi connectivity index (χ1v) is 7.51. The van der Waals surface area contributed by atoms with E-state index in [-0.39, 0.29) is 6.04 Å². The van der Waals surface area contributed by atoms with Crippen LogP contribution >= 0.6 is 0 Å². The Morgan fingerprint density at radius 1 is 1.14 bits per heavy atom. The summed E-state index contributed by atoms with van der Waals surface area (Å²) < 4.78 is 0. The van der Waals surface area contributed by atoms with Crippen LogP contribution in [0.15, 0.2) is 36.5 Å². The summed E-state index contributed by atoms with van der Waals surface area (Å²) in [5.41, 5.74) is 8.32. The quantitative estimate of drug-likeness (QED) is 0.847. The smallest absolute Gasteiger partial charge is 0.0702 e. The molecule has 0 spiro atoms. The van der Waals surface area contributed by atoms with Crippen molar-refractivity contribution >= 4 is 10.9 Å². The fourth-order valence-electron chi connectivity index (χ4n) is 2.66. The summed E-state index contributed by atoms with van der Waals surface area (Å²) in [6, 6.07) is 10.8. The molecule has 1 unspecified atom stereocenters. The lowest BCUT2D eigenvalue weighted by Crippen LogP contribution is -2.32. The Hall–Kier alpha value is -1.49. The van der Waals surface area contributed by atoms with Gasteiger partial charge in [-0.15, -0.1) is 0 Å². The summed E-state index contributed by atoms with van der Waals surface area (Å²) in [5.74, 6) is 0. The highest BCUT2D eigenvalue weighted by atomic mass is 15.1. The molecule has 0 saturated heterocycles. The molecule has 0 fully saturated rings. The summed E-state index contributed by atoms with van der Waals surface area (Å²) in [5, 5.41) is 1.18. The van der Waals surface area contributed by atoms with Gasteiger partial charge in [0, 0.05) is 24.2 Å². The molecule has 0 aliphatic carbocycles. The highest BCUT2D eigenvalue weighted by Gasteiger charge is 2.15. The number of nitrogens with two attached hydrogens (primary N) is 1. The van der Waals surface area contributed by atoms with Crippen LogP contribution in [0.5, 0.6) is 0 Å². The number of fused-ring (bicyclic) bond motifs is 1. The molecule has 0 radical (unpaired) electrons. The lowest BCUT2D eigenvalue weighted by atomic mass is 10.0. The van der Waals surface area contributed by atoms with Crippen LogP contribution in [0.4, 0.5) is 0 Å². The number of nitrogens with zero attached hydrogens (tertiary/aromatic N) is 3. The van der Waals surface area contributed by atoms with Crippen LogP contribution in [-0.2, 0) is 0 Å². The average molecular weight is 286 g/mol. The summed E-state index contributed by atoms with van der Waals surface area (Å²) in [7, 11) is 6.37. The zero-order valence-corrected chi connectivity index (χ0v) is 13.3. The molecule has 0 aliphatic heterocycles. The molecule has 1 aromatic heterocycles. The zero-order chi connectivity index (χ0) is 15.2. The van der Waals surface area contributed by atoms with Gasteiger partial charge in [-0.25, -0.2) is 0 Å². The Kier molecular flexibility index (Phi) is 5.67. The molecule has 21 heavy (non-hydrogen) atoms. The lowest BCUT2D eigenvalue weighted by molar-refractivity contribution is 0.235. The third-order valence-corrected chi connectivity index (χ3v) is 3.88. The van der Waals surface area contributed by atoms with Crippen molar-refractivity contribution in [1.82, 2.24) is 14.8 Å². The number of rotatable bonds is 7. The first-order valence-electron chi connectivity index (χ1n) is 7.51. The van der Waals surface area contributed by atoms with Gasteiger partial charge in [0.25, 0.3) is 0 Å². The van der Waals surface area contributed by atoms with Crippen LogP contribution < -0.4 is 5.73 Å². The van der Waals surface area contributed by atoms with Crippen molar-refractivity contribution in [2.45, 2.75) is 12.5 Å². The van der Waals surface area contributed by atoms with Crippen molar-refractivity contribution in [2.75, 3.05) is 40.8 Å². The Labute approximate surface area is 127 Å². The number of likely N-dealkylation sites (N-methyl/N-ethyl adjacent to an activating group) is 1. The molecule has 0 amide bonds. The second-order valence-electron chi connectivity index (χ2n) is 5.84. The number of hydrogen-bond acceptors (Lipinski definition) is 4. The lowest BCUT2D eigenvalue weighted by Gasteiger charge is -2.28. The van der Waals surface area contributed by atoms with Crippen LogP contribution in [0.2, 0.25) is 0 Å². The summed E-state index contributed by atoms with van der Waals surface area (Å²) in [6.45, 7) is 2.78. The van der Waals surface area contributed by atoms with E-state index in [1.165, 1.54) is 10.9 Å². The van der Waals surface area contributed by atoms with Gasteiger partial charge in [-0.3, -0.25) is 9.88 Å². The molecule has 114 valence electrons. The number of aromatic nitrogens is 1. The van der Waals surface area contributed by atoms with Crippen LogP contribution in [0.3, 0.4) is 0 Å². The Balaban J connectivity index is 2.10. The SMILES string of the molecule is CN(C)CCCN(C)C(CN)c1ccc2ncccc2c1. The third kappa shape index (κ3) is 4.24. The van der Waals surface area contributed by atoms with Crippen LogP contribution in [0.1, 0.15) is 18.0 Å². The van der Waals surface area contributed by atoms with Crippen LogP contribution in [0, 0.1) is 0 Å². The van der Waals surface area contributed by atoms with E-state index in [1.807, 2.05) is 12.3 Å². The molecule has 0 bridgehead atoms. The van der Waals surface area contributed by atoms with E-state index in [4.69, 9.17) is 5.73 Å². The van der Waals surface area contributed by atoms with E-state index in [1.54, 1.807) is 0 Å². The van der Waals surface area contributed by atoms with Crippen molar-refractivity contribution in [3.05, 3.63) is 42.1 Å². The van der Waals surface area contributed by atoms with Crippen molar-refractivity contribution in [3.8, 4) is 0 Å². The molecule has 0 aliphatic rings. The molecule has 1 atom stereocenters. The zero-order valence-electron chi connectivity index (χ0n) is 13.3. The summed E-state index contributed by atoms with van der Waals surface area (Å²) in [4.78, 5) is 8.93. The minimum Gasteiger partial charge on any atom is -0.329 e.